The Morgan fingerprint density at radius 1 is 1.00 bits per heavy atom. The number of rotatable bonds is 2. The summed E-state index contributed by atoms with van der Waals surface area (Å²) in [4.78, 5) is 0. The first-order valence-corrected chi connectivity index (χ1v) is 7.42. The number of hydrogen-bond acceptors (Lipinski definition) is 3. The largest absolute Gasteiger partial charge is 0.486 e. The predicted molar refractivity (Wildman–Crippen MR) is 84.7 cm³/mol. The summed E-state index contributed by atoms with van der Waals surface area (Å²) in [6, 6.07) is 9.00. The van der Waals surface area contributed by atoms with Crippen molar-refractivity contribution >= 4 is 23.2 Å². The van der Waals surface area contributed by atoms with Gasteiger partial charge in [0.05, 0.1) is 6.04 Å². The smallest absolute Gasteiger partial charge is 0.162 e. The first kappa shape index (κ1) is 14.5. The van der Waals surface area contributed by atoms with Gasteiger partial charge >= 0.3 is 0 Å². The third-order valence-electron chi connectivity index (χ3n) is 3.55. The maximum Gasteiger partial charge on any atom is 0.162 e. The molecule has 0 aromatic heterocycles. The van der Waals surface area contributed by atoms with E-state index in [9.17, 15) is 0 Å². The Bertz CT molecular complexity index is 688. The highest BCUT2D eigenvalue weighted by Crippen LogP contribution is 2.39. The number of aryl methyl sites for hydroxylation is 1. The van der Waals surface area contributed by atoms with Crippen LogP contribution in [0.4, 0.5) is 0 Å². The summed E-state index contributed by atoms with van der Waals surface area (Å²) in [5.41, 5.74) is 9.04. The van der Waals surface area contributed by atoms with E-state index in [0.717, 1.165) is 16.7 Å². The Balaban J connectivity index is 2.00. The molecule has 1 unspecified atom stereocenters. The summed E-state index contributed by atoms with van der Waals surface area (Å²) in [5.74, 6) is 1.33. The van der Waals surface area contributed by atoms with Crippen molar-refractivity contribution in [2.45, 2.75) is 13.0 Å². The van der Waals surface area contributed by atoms with Crippen molar-refractivity contribution in [1.29, 1.82) is 0 Å². The zero-order valence-corrected chi connectivity index (χ0v) is 13.0. The lowest BCUT2D eigenvalue weighted by Crippen LogP contribution is -2.17. The number of nitrogens with two attached hydrogens (primary N) is 1. The molecule has 110 valence electrons. The molecule has 3 nitrogen and oxygen atoms in total. The number of fused-ring (bicyclic) bond motifs is 1. The second-order valence-corrected chi connectivity index (χ2v) is 5.82. The first-order chi connectivity index (χ1) is 10.1. The Morgan fingerprint density at radius 3 is 2.33 bits per heavy atom. The molecule has 0 radical (unpaired) electrons. The van der Waals surface area contributed by atoms with E-state index in [1.54, 1.807) is 6.07 Å². The standard InChI is InChI=1S/C16H15Cl2NO2/c1-9-2-3-10(6-12(9)17)16(19)11-7-14-15(8-13(11)18)21-5-4-20-14/h2-3,6-8,16H,4-5,19H2,1H3. The third-order valence-corrected chi connectivity index (χ3v) is 4.29. The molecular weight excluding hydrogens is 309 g/mol. The van der Waals surface area contributed by atoms with Gasteiger partial charge in [-0.25, -0.2) is 0 Å². The molecule has 2 N–H and O–H groups in total. The Labute approximate surface area is 133 Å². The van der Waals surface area contributed by atoms with Gasteiger partial charge in [-0.1, -0.05) is 35.3 Å². The predicted octanol–water partition coefficient (Wildman–Crippen LogP) is 4.12. The molecule has 1 aliphatic rings. The zero-order valence-electron chi connectivity index (χ0n) is 11.5. The fraction of sp³-hybridized carbons (Fsp3) is 0.250. The van der Waals surface area contributed by atoms with Crippen LogP contribution in [0.1, 0.15) is 22.7 Å². The lowest BCUT2D eigenvalue weighted by molar-refractivity contribution is 0.171. The Hall–Kier alpha value is -1.42. The second-order valence-electron chi connectivity index (χ2n) is 5.00. The molecule has 0 bridgehead atoms. The van der Waals surface area contributed by atoms with Crippen molar-refractivity contribution in [1.82, 2.24) is 0 Å². The highest BCUT2D eigenvalue weighted by Gasteiger charge is 2.20. The molecule has 21 heavy (non-hydrogen) atoms. The van der Waals surface area contributed by atoms with Gasteiger partial charge in [-0.2, -0.15) is 0 Å². The van der Waals surface area contributed by atoms with Crippen LogP contribution in [0.25, 0.3) is 0 Å². The van der Waals surface area contributed by atoms with E-state index in [1.807, 2.05) is 31.2 Å². The summed E-state index contributed by atoms with van der Waals surface area (Å²) in [6.07, 6.45) is 0. The van der Waals surface area contributed by atoms with Crippen LogP contribution >= 0.6 is 23.2 Å². The average molecular weight is 324 g/mol. The van der Waals surface area contributed by atoms with E-state index >= 15 is 0 Å². The van der Waals surface area contributed by atoms with Gasteiger partial charge in [-0.3, -0.25) is 0 Å². The molecule has 0 spiro atoms. The maximum absolute atomic E-state index is 6.33. The van der Waals surface area contributed by atoms with Gasteiger partial charge in [-0.05, 0) is 35.7 Å². The van der Waals surface area contributed by atoms with Crippen molar-refractivity contribution in [2.24, 2.45) is 5.73 Å². The van der Waals surface area contributed by atoms with Crippen LogP contribution < -0.4 is 15.2 Å². The van der Waals surface area contributed by atoms with Crippen LogP contribution in [0.2, 0.25) is 10.0 Å². The van der Waals surface area contributed by atoms with Crippen molar-refractivity contribution in [3.63, 3.8) is 0 Å². The van der Waals surface area contributed by atoms with Crippen molar-refractivity contribution in [3.05, 3.63) is 57.1 Å². The second kappa shape index (κ2) is 5.76. The lowest BCUT2D eigenvalue weighted by Gasteiger charge is -2.22. The van der Waals surface area contributed by atoms with Gasteiger partial charge in [0.25, 0.3) is 0 Å². The Morgan fingerprint density at radius 2 is 1.67 bits per heavy atom. The topological polar surface area (TPSA) is 44.5 Å². The molecule has 1 heterocycles. The minimum atomic E-state index is -0.369. The zero-order chi connectivity index (χ0) is 15.0. The molecule has 0 aliphatic carbocycles. The fourth-order valence-electron chi connectivity index (χ4n) is 2.30. The number of halogens is 2. The molecular formula is C16H15Cl2NO2. The normalized spacial score (nSPS) is 14.9. The molecule has 5 heteroatoms. The molecule has 3 rings (SSSR count). The summed E-state index contributed by atoms with van der Waals surface area (Å²) in [7, 11) is 0. The fourth-order valence-corrected chi connectivity index (χ4v) is 2.76. The van der Waals surface area contributed by atoms with Crippen LogP contribution in [0.5, 0.6) is 11.5 Å². The van der Waals surface area contributed by atoms with Crippen molar-refractivity contribution in [3.8, 4) is 11.5 Å². The van der Waals surface area contributed by atoms with Crippen molar-refractivity contribution in [2.75, 3.05) is 13.2 Å². The van der Waals surface area contributed by atoms with Crippen LogP contribution in [0.3, 0.4) is 0 Å². The number of ether oxygens (including phenoxy) is 2. The quantitative estimate of drug-likeness (QED) is 0.904. The van der Waals surface area contributed by atoms with E-state index in [0.29, 0.717) is 34.8 Å². The van der Waals surface area contributed by atoms with Crippen LogP contribution in [-0.2, 0) is 0 Å². The molecule has 2 aromatic rings. The van der Waals surface area contributed by atoms with Crippen LogP contribution in [0.15, 0.2) is 30.3 Å². The molecule has 1 aliphatic heterocycles. The first-order valence-electron chi connectivity index (χ1n) is 6.67. The highest BCUT2D eigenvalue weighted by atomic mass is 35.5. The van der Waals surface area contributed by atoms with Crippen LogP contribution in [-0.4, -0.2) is 13.2 Å². The van der Waals surface area contributed by atoms with Gasteiger partial charge < -0.3 is 15.2 Å². The highest BCUT2D eigenvalue weighted by molar-refractivity contribution is 6.32. The minimum absolute atomic E-state index is 0.369. The van der Waals surface area contributed by atoms with E-state index in [-0.39, 0.29) is 6.04 Å². The number of hydrogen-bond donors (Lipinski definition) is 1. The molecule has 0 saturated heterocycles. The molecule has 0 saturated carbocycles. The molecule has 0 fully saturated rings. The molecule has 1 atom stereocenters. The van der Waals surface area contributed by atoms with Gasteiger partial charge in [-0.15, -0.1) is 0 Å². The SMILES string of the molecule is Cc1ccc(C(N)c2cc3c(cc2Cl)OCCO3)cc1Cl. The van der Waals surface area contributed by atoms with Crippen LogP contribution in [0, 0.1) is 6.92 Å². The summed E-state index contributed by atoms with van der Waals surface area (Å²) in [6.45, 7) is 3.01. The third kappa shape index (κ3) is 2.82. The van der Waals surface area contributed by atoms with Gasteiger partial charge in [0, 0.05) is 16.1 Å². The lowest BCUT2D eigenvalue weighted by atomic mass is 9.98. The molecule has 0 amide bonds. The monoisotopic (exact) mass is 323 g/mol. The number of benzene rings is 2. The van der Waals surface area contributed by atoms with Gasteiger partial charge in [0.2, 0.25) is 0 Å². The average Bonchev–Trinajstić information content (AvgIpc) is 2.48. The summed E-state index contributed by atoms with van der Waals surface area (Å²) >= 11 is 12.5. The van der Waals surface area contributed by atoms with E-state index in [2.05, 4.69) is 0 Å². The minimum Gasteiger partial charge on any atom is -0.486 e. The summed E-state index contributed by atoms with van der Waals surface area (Å²) < 4.78 is 11.1. The molecule has 2 aromatic carbocycles. The summed E-state index contributed by atoms with van der Waals surface area (Å²) in [5, 5.41) is 1.25. The maximum atomic E-state index is 6.33. The Kier molecular flexibility index (Phi) is 3.98. The van der Waals surface area contributed by atoms with Crippen molar-refractivity contribution < 1.29 is 9.47 Å². The van der Waals surface area contributed by atoms with Gasteiger partial charge in [0.1, 0.15) is 13.2 Å². The van der Waals surface area contributed by atoms with E-state index < -0.39 is 0 Å². The van der Waals surface area contributed by atoms with Gasteiger partial charge in [0.15, 0.2) is 11.5 Å². The van der Waals surface area contributed by atoms with E-state index in [1.165, 1.54) is 0 Å². The van der Waals surface area contributed by atoms with E-state index in [4.69, 9.17) is 38.4 Å².